The summed E-state index contributed by atoms with van der Waals surface area (Å²) in [6.45, 7) is 3.62. The van der Waals surface area contributed by atoms with Crippen LogP contribution in [0.1, 0.15) is 168 Å². The monoisotopic (exact) mass is 975 g/mol. The molecule has 6 unspecified atom stereocenters. The van der Waals surface area contributed by atoms with Crippen molar-refractivity contribution < 1.29 is 56.2 Å². The highest BCUT2D eigenvalue weighted by molar-refractivity contribution is 7.80. The molecule has 1 aliphatic rings. The fourth-order valence-electron chi connectivity index (χ4n) is 7.15. The van der Waals surface area contributed by atoms with E-state index >= 15 is 0 Å². The van der Waals surface area contributed by atoms with Gasteiger partial charge in [0, 0.05) is 6.61 Å². The molecule has 0 aromatic rings. The first-order valence-corrected chi connectivity index (χ1v) is 27.0. The van der Waals surface area contributed by atoms with Gasteiger partial charge in [0.25, 0.3) is 0 Å². The second kappa shape index (κ2) is 44.9. The molecule has 0 bridgehead atoms. The van der Waals surface area contributed by atoms with E-state index in [9.17, 15) is 33.1 Å². The quantitative estimate of drug-likeness (QED) is 0.0197. The summed E-state index contributed by atoms with van der Waals surface area (Å²) in [6.07, 6.45) is 54.4. The van der Waals surface area contributed by atoms with Crippen molar-refractivity contribution in [3.05, 3.63) is 109 Å². The molecule has 388 valence electrons. The summed E-state index contributed by atoms with van der Waals surface area (Å²) in [5.74, 6) is -0.529. The summed E-state index contributed by atoms with van der Waals surface area (Å²) in [6, 6.07) is 0. The van der Waals surface area contributed by atoms with Crippen molar-refractivity contribution in [3.63, 3.8) is 0 Å². The standard InChI is InChI=1S/C55H90O12S/c1-3-5-7-9-11-13-15-17-19-20-21-22-23-24-25-26-27-28-29-31-33-35-37-39-41-43-45-63-47-49(48-64-55-53(59)54(67-68(60,61)62)52(58)50(46-56)66-55)65-51(57)44-42-40-38-36-34-32-30-18-16-14-12-10-8-6-4-2/h5-8,11-14,17-19,21-22,30,34,36,40,42,49-50,52-56,58-59H,3-4,9-10,15-16,20,23-29,31-33,35,37-39,41,43-48H2,1-2H3,(H,60,61,62)/b7-5-,8-6-,13-11-,14-12-,19-17-,22-21-,30-18-,36-34-,42-40-. The van der Waals surface area contributed by atoms with E-state index in [1.165, 1.54) is 70.6 Å². The van der Waals surface area contributed by atoms with Gasteiger partial charge in [0.2, 0.25) is 0 Å². The van der Waals surface area contributed by atoms with Crippen LogP contribution in [0, 0.1) is 0 Å². The predicted molar refractivity (Wildman–Crippen MR) is 275 cm³/mol. The Hall–Kier alpha value is -3.24. The number of esters is 1. The summed E-state index contributed by atoms with van der Waals surface area (Å²) in [4.78, 5) is 12.8. The van der Waals surface area contributed by atoms with Crippen LogP contribution in [0.3, 0.4) is 0 Å². The number of aliphatic hydroxyl groups excluding tert-OH is 3. The van der Waals surface area contributed by atoms with Crippen LogP contribution in [0.25, 0.3) is 0 Å². The molecule has 68 heavy (non-hydrogen) atoms. The molecule has 1 aliphatic heterocycles. The average molecular weight is 975 g/mol. The number of carbonyl (C=O) groups is 1. The number of allylic oxidation sites excluding steroid dienone is 17. The highest BCUT2D eigenvalue weighted by Crippen LogP contribution is 2.26. The van der Waals surface area contributed by atoms with E-state index in [0.29, 0.717) is 13.0 Å². The van der Waals surface area contributed by atoms with Crippen molar-refractivity contribution in [3.8, 4) is 0 Å². The lowest BCUT2D eigenvalue weighted by Gasteiger charge is -2.41. The van der Waals surface area contributed by atoms with Crippen molar-refractivity contribution in [2.24, 2.45) is 0 Å². The van der Waals surface area contributed by atoms with Gasteiger partial charge in [0.05, 0.1) is 26.2 Å². The van der Waals surface area contributed by atoms with Gasteiger partial charge in [-0.25, -0.2) is 4.18 Å². The van der Waals surface area contributed by atoms with E-state index in [2.05, 4.69) is 109 Å². The van der Waals surface area contributed by atoms with Crippen LogP contribution in [-0.2, 0) is 38.3 Å². The minimum atomic E-state index is -5.08. The van der Waals surface area contributed by atoms with E-state index in [-0.39, 0.29) is 19.6 Å². The molecule has 0 amide bonds. The maximum atomic E-state index is 12.8. The molecule has 4 N–H and O–H groups in total. The molecule has 1 fully saturated rings. The van der Waals surface area contributed by atoms with E-state index in [4.69, 9.17) is 18.9 Å². The molecule has 0 aliphatic carbocycles. The summed E-state index contributed by atoms with van der Waals surface area (Å²) in [5, 5.41) is 30.7. The van der Waals surface area contributed by atoms with Crippen molar-refractivity contribution in [2.45, 2.75) is 205 Å². The predicted octanol–water partition coefficient (Wildman–Crippen LogP) is 12.0. The Morgan fingerprint density at radius 3 is 1.41 bits per heavy atom. The SMILES string of the molecule is CC/C=C\C/C=C\C/C=C\C/C=C\C/C=C\CC(=O)OC(COCCCCCCCCCCCCCCC/C=C\C/C=C\C/C=C\C/C=C\CC)COC1OC(CO)C(O)C(OS(=O)(=O)O)C1O. The normalized spacial score (nSPS) is 20.2. The van der Waals surface area contributed by atoms with Gasteiger partial charge in [-0.15, -0.1) is 0 Å². The lowest BCUT2D eigenvalue weighted by atomic mass is 9.99. The van der Waals surface area contributed by atoms with Crippen LogP contribution < -0.4 is 0 Å². The van der Waals surface area contributed by atoms with Crippen molar-refractivity contribution >= 4 is 16.4 Å². The van der Waals surface area contributed by atoms with E-state index in [0.717, 1.165) is 70.6 Å². The Morgan fingerprint density at radius 1 is 0.559 bits per heavy atom. The third-order valence-corrected chi connectivity index (χ3v) is 11.4. The van der Waals surface area contributed by atoms with Crippen LogP contribution in [-0.4, -0.2) is 97.5 Å². The molecule has 0 spiro atoms. The Bertz CT molecular complexity index is 1590. The van der Waals surface area contributed by atoms with E-state index < -0.39 is 59.8 Å². The highest BCUT2D eigenvalue weighted by Gasteiger charge is 2.48. The number of carbonyl (C=O) groups excluding carboxylic acids is 1. The Morgan fingerprint density at radius 2 is 0.971 bits per heavy atom. The fraction of sp³-hybridized carbons (Fsp3) is 0.655. The Kier molecular flexibility index (Phi) is 41.5. The topological polar surface area (TPSA) is 178 Å². The van der Waals surface area contributed by atoms with Crippen LogP contribution in [0.4, 0.5) is 0 Å². The minimum absolute atomic E-state index is 0.00336. The molecule has 0 saturated carbocycles. The molecular formula is C55H90O12S. The van der Waals surface area contributed by atoms with Crippen molar-refractivity contribution in [1.82, 2.24) is 0 Å². The maximum Gasteiger partial charge on any atom is 0.397 e. The summed E-state index contributed by atoms with van der Waals surface area (Å²) in [5.41, 5.74) is 0. The minimum Gasteiger partial charge on any atom is -0.457 e. The van der Waals surface area contributed by atoms with Gasteiger partial charge in [-0.3, -0.25) is 9.35 Å². The van der Waals surface area contributed by atoms with Crippen LogP contribution in [0.5, 0.6) is 0 Å². The maximum absolute atomic E-state index is 12.8. The van der Waals surface area contributed by atoms with Gasteiger partial charge < -0.3 is 34.3 Å². The number of hydrogen-bond acceptors (Lipinski definition) is 11. The number of unbranched alkanes of at least 4 members (excludes halogenated alkanes) is 13. The zero-order valence-electron chi connectivity index (χ0n) is 41.6. The van der Waals surface area contributed by atoms with Crippen molar-refractivity contribution in [1.29, 1.82) is 0 Å². The van der Waals surface area contributed by atoms with E-state index in [1.54, 1.807) is 6.08 Å². The zero-order chi connectivity index (χ0) is 49.6. The largest absolute Gasteiger partial charge is 0.457 e. The molecule has 0 aromatic carbocycles. The molecule has 6 atom stereocenters. The second-order valence-electron chi connectivity index (χ2n) is 17.0. The van der Waals surface area contributed by atoms with Crippen LogP contribution >= 0.6 is 0 Å². The van der Waals surface area contributed by atoms with Gasteiger partial charge in [0.1, 0.15) is 30.5 Å². The number of hydrogen-bond donors (Lipinski definition) is 4. The van der Waals surface area contributed by atoms with Gasteiger partial charge in [-0.1, -0.05) is 194 Å². The van der Waals surface area contributed by atoms with E-state index in [1.807, 2.05) is 12.2 Å². The second-order valence-corrected chi connectivity index (χ2v) is 18.1. The first kappa shape index (κ1) is 62.8. The van der Waals surface area contributed by atoms with Gasteiger partial charge >= 0.3 is 16.4 Å². The summed E-state index contributed by atoms with van der Waals surface area (Å²) < 4.78 is 59.1. The molecule has 0 radical (unpaired) electrons. The van der Waals surface area contributed by atoms with Crippen molar-refractivity contribution in [2.75, 3.05) is 26.4 Å². The van der Waals surface area contributed by atoms with Gasteiger partial charge in [0.15, 0.2) is 6.29 Å². The molecule has 12 nitrogen and oxygen atoms in total. The lowest BCUT2D eigenvalue weighted by molar-refractivity contribution is -0.301. The molecule has 1 rings (SSSR count). The zero-order valence-corrected chi connectivity index (χ0v) is 42.4. The third-order valence-electron chi connectivity index (χ3n) is 10.9. The molecule has 13 heteroatoms. The first-order chi connectivity index (χ1) is 33.1. The Balaban J connectivity index is 2.36. The Labute approximate surface area is 411 Å². The first-order valence-electron chi connectivity index (χ1n) is 25.6. The summed E-state index contributed by atoms with van der Waals surface area (Å²) in [7, 11) is -5.08. The third kappa shape index (κ3) is 37.6. The smallest absolute Gasteiger partial charge is 0.397 e. The number of aliphatic hydroxyl groups is 3. The fourth-order valence-corrected chi connectivity index (χ4v) is 7.66. The van der Waals surface area contributed by atoms with Crippen LogP contribution in [0.2, 0.25) is 0 Å². The molecule has 1 heterocycles. The highest BCUT2D eigenvalue weighted by atomic mass is 32.3. The van der Waals surface area contributed by atoms with Gasteiger partial charge in [-0.05, 0) is 77.0 Å². The number of ether oxygens (including phenoxy) is 4. The van der Waals surface area contributed by atoms with Crippen LogP contribution in [0.15, 0.2) is 109 Å². The lowest BCUT2D eigenvalue weighted by Crippen LogP contribution is -2.60. The number of rotatable bonds is 43. The van der Waals surface area contributed by atoms with Gasteiger partial charge in [-0.2, -0.15) is 8.42 Å². The molecule has 0 aromatic heterocycles. The molecule has 1 saturated heterocycles. The summed E-state index contributed by atoms with van der Waals surface area (Å²) >= 11 is 0. The molecular weight excluding hydrogens is 885 g/mol. The average Bonchev–Trinajstić information content (AvgIpc) is 3.31.